The molecule has 2 aliphatic rings. The standard InChI is InChI=1S/C31H48FN7O3/c1-22(2)26(9-8-13-36(5)15-16-41-7)39-19-31(20-39)12-14-38(18-31)28-29(35-34-21-33-28)42-27-11-10-24(32)17-25(27)30(40)37(6)23(3)4/h10-11,17,21-23,26H,8-9,12-16,18-20H2,1-7H3. The summed E-state index contributed by atoms with van der Waals surface area (Å²) in [6, 6.07) is 4.46. The summed E-state index contributed by atoms with van der Waals surface area (Å²) in [4.78, 5) is 26.4. The second kappa shape index (κ2) is 14.1. The highest BCUT2D eigenvalue weighted by molar-refractivity contribution is 5.97. The van der Waals surface area contributed by atoms with Crippen LogP contribution in [0.25, 0.3) is 0 Å². The van der Waals surface area contributed by atoms with Crippen LogP contribution in [0.3, 0.4) is 0 Å². The molecule has 0 bridgehead atoms. The van der Waals surface area contributed by atoms with Gasteiger partial charge in [-0.15, -0.1) is 10.2 Å². The van der Waals surface area contributed by atoms with Gasteiger partial charge in [0, 0.05) is 64.4 Å². The Labute approximate surface area is 250 Å². The summed E-state index contributed by atoms with van der Waals surface area (Å²) >= 11 is 0. The summed E-state index contributed by atoms with van der Waals surface area (Å²) < 4.78 is 25.5. The van der Waals surface area contributed by atoms with Gasteiger partial charge in [-0.1, -0.05) is 13.8 Å². The third-order valence-corrected chi connectivity index (χ3v) is 8.82. The van der Waals surface area contributed by atoms with E-state index in [1.54, 1.807) is 19.1 Å². The fourth-order valence-corrected chi connectivity index (χ4v) is 6.12. The highest BCUT2D eigenvalue weighted by Crippen LogP contribution is 2.44. The van der Waals surface area contributed by atoms with E-state index >= 15 is 0 Å². The van der Waals surface area contributed by atoms with Gasteiger partial charge in [-0.05, 0) is 70.8 Å². The van der Waals surface area contributed by atoms with E-state index in [4.69, 9.17) is 9.47 Å². The maximum atomic E-state index is 14.2. The summed E-state index contributed by atoms with van der Waals surface area (Å²) in [5.74, 6) is 0.811. The molecule has 1 aromatic carbocycles. The van der Waals surface area contributed by atoms with E-state index in [9.17, 15) is 9.18 Å². The van der Waals surface area contributed by atoms with Crippen molar-refractivity contribution < 1.29 is 18.7 Å². The largest absolute Gasteiger partial charge is 0.434 e. The predicted octanol–water partition coefficient (Wildman–Crippen LogP) is 4.18. The Bertz CT molecular complexity index is 1190. The monoisotopic (exact) mass is 585 g/mol. The van der Waals surface area contributed by atoms with Crippen LogP contribution in [0.4, 0.5) is 10.2 Å². The molecule has 2 saturated heterocycles. The molecule has 0 N–H and O–H groups in total. The second-order valence-electron chi connectivity index (χ2n) is 12.7. The van der Waals surface area contributed by atoms with Crippen molar-refractivity contribution in [3.63, 3.8) is 0 Å². The fourth-order valence-electron chi connectivity index (χ4n) is 6.12. The summed E-state index contributed by atoms with van der Waals surface area (Å²) in [6.07, 6.45) is 4.85. The topological polar surface area (TPSA) is 87.2 Å². The minimum absolute atomic E-state index is 0.0530. The van der Waals surface area contributed by atoms with Gasteiger partial charge in [0.2, 0.25) is 0 Å². The van der Waals surface area contributed by atoms with Crippen molar-refractivity contribution in [3.05, 3.63) is 35.9 Å². The number of methoxy groups -OCH3 is 1. The van der Waals surface area contributed by atoms with Crippen molar-refractivity contribution in [2.24, 2.45) is 11.3 Å². The first-order valence-electron chi connectivity index (χ1n) is 15.1. The van der Waals surface area contributed by atoms with E-state index in [0.717, 1.165) is 52.3 Å². The maximum absolute atomic E-state index is 14.2. The molecule has 0 aliphatic carbocycles. The molecular formula is C31H48FN7O3. The lowest BCUT2D eigenvalue weighted by molar-refractivity contribution is -0.0345. The summed E-state index contributed by atoms with van der Waals surface area (Å²) in [5, 5.41) is 8.18. The maximum Gasteiger partial charge on any atom is 0.282 e. The number of likely N-dealkylation sites (tertiary alicyclic amines) is 1. The molecule has 42 heavy (non-hydrogen) atoms. The molecule has 3 heterocycles. The number of likely N-dealkylation sites (N-methyl/N-ethyl adjacent to an activating group) is 1. The molecule has 1 unspecified atom stereocenters. The van der Waals surface area contributed by atoms with Crippen molar-refractivity contribution in [1.29, 1.82) is 0 Å². The van der Waals surface area contributed by atoms with E-state index in [2.05, 4.69) is 50.8 Å². The van der Waals surface area contributed by atoms with Crippen molar-refractivity contribution in [2.45, 2.75) is 59.0 Å². The zero-order chi connectivity index (χ0) is 30.4. The molecule has 1 atom stereocenters. The number of amides is 1. The lowest BCUT2D eigenvalue weighted by Gasteiger charge is -2.53. The molecule has 10 nitrogen and oxygen atoms in total. The lowest BCUT2D eigenvalue weighted by atomic mass is 9.76. The van der Waals surface area contributed by atoms with E-state index in [0.29, 0.717) is 17.8 Å². The minimum Gasteiger partial charge on any atom is -0.434 e. The Balaban J connectivity index is 1.41. The van der Waals surface area contributed by atoms with Gasteiger partial charge in [-0.3, -0.25) is 9.69 Å². The number of hydrogen-bond acceptors (Lipinski definition) is 9. The first kappa shape index (κ1) is 32.0. The predicted molar refractivity (Wildman–Crippen MR) is 162 cm³/mol. The molecule has 2 aliphatic heterocycles. The highest BCUT2D eigenvalue weighted by atomic mass is 19.1. The summed E-state index contributed by atoms with van der Waals surface area (Å²) in [5.41, 5.74) is 0.349. The zero-order valence-electron chi connectivity index (χ0n) is 26.3. The highest BCUT2D eigenvalue weighted by Gasteiger charge is 2.50. The van der Waals surface area contributed by atoms with Gasteiger partial charge in [0.1, 0.15) is 17.9 Å². The van der Waals surface area contributed by atoms with Gasteiger partial charge in [-0.25, -0.2) is 9.37 Å². The van der Waals surface area contributed by atoms with Crippen LogP contribution >= 0.6 is 0 Å². The van der Waals surface area contributed by atoms with E-state index in [-0.39, 0.29) is 34.6 Å². The van der Waals surface area contributed by atoms with Crippen molar-refractivity contribution in [2.75, 3.05) is 72.0 Å². The molecule has 1 spiro atoms. The Hall–Kier alpha value is -2.89. The van der Waals surface area contributed by atoms with Crippen LogP contribution < -0.4 is 9.64 Å². The van der Waals surface area contributed by atoms with Crippen LogP contribution in [0.2, 0.25) is 0 Å². The third kappa shape index (κ3) is 7.54. The Morgan fingerprint density at radius 2 is 1.90 bits per heavy atom. The normalized spacial score (nSPS) is 17.4. The van der Waals surface area contributed by atoms with E-state index < -0.39 is 5.82 Å². The average Bonchev–Trinajstić information content (AvgIpc) is 3.39. The number of nitrogens with zero attached hydrogens (tertiary/aromatic N) is 7. The van der Waals surface area contributed by atoms with Crippen molar-refractivity contribution in [3.8, 4) is 11.6 Å². The number of carbonyl (C=O) groups is 1. The van der Waals surface area contributed by atoms with Gasteiger partial charge in [-0.2, -0.15) is 0 Å². The van der Waals surface area contributed by atoms with Crippen molar-refractivity contribution in [1.82, 2.24) is 29.9 Å². The number of carbonyl (C=O) groups excluding carboxylic acids is 1. The molecule has 2 fully saturated rings. The Kier molecular flexibility index (Phi) is 10.7. The molecule has 0 saturated carbocycles. The smallest absolute Gasteiger partial charge is 0.282 e. The number of ether oxygens (including phenoxy) is 2. The minimum atomic E-state index is -0.505. The van der Waals surface area contributed by atoms with Crippen LogP contribution in [-0.4, -0.2) is 115 Å². The molecule has 4 rings (SSSR count). The third-order valence-electron chi connectivity index (χ3n) is 8.82. The molecule has 1 aromatic heterocycles. The van der Waals surface area contributed by atoms with Crippen molar-refractivity contribution >= 4 is 11.7 Å². The van der Waals surface area contributed by atoms with Gasteiger partial charge in [0.25, 0.3) is 11.8 Å². The quantitative estimate of drug-likeness (QED) is 0.324. The number of rotatable bonds is 14. The van der Waals surface area contributed by atoms with Gasteiger partial charge >= 0.3 is 0 Å². The molecule has 1 amide bonds. The average molecular weight is 586 g/mol. The zero-order valence-corrected chi connectivity index (χ0v) is 26.3. The number of hydrogen-bond donors (Lipinski definition) is 0. The molecular weight excluding hydrogens is 537 g/mol. The van der Waals surface area contributed by atoms with Gasteiger partial charge < -0.3 is 24.2 Å². The van der Waals surface area contributed by atoms with Crippen LogP contribution in [-0.2, 0) is 4.74 Å². The molecule has 11 heteroatoms. The first-order chi connectivity index (χ1) is 20.0. The van der Waals surface area contributed by atoms with Gasteiger partial charge in [0.15, 0.2) is 5.82 Å². The number of benzene rings is 1. The second-order valence-corrected chi connectivity index (χ2v) is 12.7. The number of halogens is 1. The Morgan fingerprint density at radius 3 is 2.60 bits per heavy atom. The molecule has 0 radical (unpaired) electrons. The van der Waals surface area contributed by atoms with E-state index in [1.807, 2.05) is 13.8 Å². The number of anilines is 1. The van der Waals surface area contributed by atoms with Crippen LogP contribution in [0.1, 0.15) is 57.3 Å². The SMILES string of the molecule is COCCN(C)CCCC(C(C)C)N1CC2(CCN(c3ncnnc3Oc3ccc(F)cc3C(=O)N(C)C(C)C)C2)C1. The molecule has 232 valence electrons. The first-order valence-corrected chi connectivity index (χ1v) is 15.1. The fraction of sp³-hybridized carbons (Fsp3) is 0.677. The summed E-state index contributed by atoms with van der Waals surface area (Å²) in [6.45, 7) is 15.1. The van der Waals surface area contributed by atoms with Crippen LogP contribution in [0.15, 0.2) is 24.5 Å². The Morgan fingerprint density at radius 1 is 1.14 bits per heavy atom. The molecule has 2 aromatic rings. The van der Waals surface area contributed by atoms with Gasteiger partial charge in [0.05, 0.1) is 12.2 Å². The summed E-state index contributed by atoms with van der Waals surface area (Å²) in [7, 11) is 5.60. The van der Waals surface area contributed by atoms with Crippen LogP contribution in [0, 0.1) is 17.2 Å². The lowest BCUT2D eigenvalue weighted by Crippen LogP contribution is -2.62. The number of aromatic nitrogens is 3. The van der Waals surface area contributed by atoms with E-state index in [1.165, 1.54) is 37.4 Å². The van der Waals surface area contributed by atoms with Crippen LogP contribution in [0.5, 0.6) is 11.6 Å².